The maximum atomic E-state index is 12.8. The molecule has 2 aromatic rings. The van der Waals surface area contributed by atoms with Crippen LogP contribution in [0.3, 0.4) is 0 Å². The summed E-state index contributed by atoms with van der Waals surface area (Å²) < 4.78 is 6.03. The summed E-state index contributed by atoms with van der Waals surface area (Å²) in [4.78, 5) is 12.8. The highest BCUT2D eigenvalue weighted by atomic mass is 16.5. The molecule has 3 nitrogen and oxygen atoms in total. The molecule has 0 bridgehead atoms. The van der Waals surface area contributed by atoms with Crippen LogP contribution in [-0.4, -0.2) is 12.0 Å². The first-order valence-electron chi connectivity index (χ1n) is 10.7. The zero-order valence-corrected chi connectivity index (χ0v) is 17.6. The lowest BCUT2D eigenvalue weighted by molar-refractivity contribution is -0.128. The fourth-order valence-electron chi connectivity index (χ4n) is 3.99. The standard InChI is InChI=1S/C25H33NO2/c1-5-23(21-15-14-19-10-6-7-11-20(19)16-21)26-25(27)18(4)28-24-13-9-8-12-22(24)17(2)3/h8-9,12-18,23H,5-7,10-11H2,1-4H3,(H,26,27)/t18-,23+/m0/s1. The van der Waals surface area contributed by atoms with Gasteiger partial charge < -0.3 is 10.1 Å². The Labute approximate surface area is 169 Å². The number of carbonyl (C=O) groups is 1. The molecule has 0 aromatic heterocycles. The van der Waals surface area contributed by atoms with Gasteiger partial charge in [0.1, 0.15) is 5.75 Å². The molecule has 0 saturated carbocycles. The van der Waals surface area contributed by atoms with E-state index in [1.807, 2.05) is 25.1 Å². The minimum absolute atomic E-state index is 0.0196. The van der Waals surface area contributed by atoms with Crippen molar-refractivity contribution in [3.8, 4) is 5.75 Å². The minimum atomic E-state index is -0.536. The second-order valence-corrected chi connectivity index (χ2v) is 8.16. The summed E-state index contributed by atoms with van der Waals surface area (Å²) in [6.45, 7) is 8.21. The normalized spacial score (nSPS) is 15.6. The van der Waals surface area contributed by atoms with E-state index in [-0.39, 0.29) is 11.9 Å². The Morgan fingerprint density at radius 1 is 1.04 bits per heavy atom. The molecule has 1 amide bonds. The van der Waals surface area contributed by atoms with Crippen molar-refractivity contribution < 1.29 is 9.53 Å². The molecule has 2 atom stereocenters. The molecule has 0 radical (unpaired) electrons. The molecule has 0 saturated heterocycles. The zero-order chi connectivity index (χ0) is 20.1. The first-order valence-corrected chi connectivity index (χ1v) is 10.7. The number of hydrogen-bond donors (Lipinski definition) is 1. The molecule has 0 aliphatic heterocycles. The topological polar surface area (TPSA) is 38.3 Å². The lowest BCUT2D eigenvalue weighted by atomic mass is 9.89. The van der Waals surface area contributed by atoms with Crippen LogP contribution in [0.1, 0.15) is 81.2 Å². The van der Waals surface area contributed by atoms with Crippen LogP contribution in [0.2, 0.25) is 0 Å². The first-order chi connectivity index (χ1) is 13.5. The Balaban J connectivity index is 1.68. The van der Waals surface area contributed by atoms with Gasteiger partial charge in [0.05, 0.1) is 6.04 Å². The Morgan fingerprint density at radius 2 is 1.75 bits per heavy atom. The van der Waals surface area contributed by atoms with Gasteiger partial charge in [0.2, 0.25) is 0 Å². The molecule has 0 heterocycles. The van der Waals surface area contributed by atoms with E-state index in [1.165, 1.54) is 36.0 Å². The Hall–Kier alpha value is -2.29. The quantitative estimate of drug-likeness (QED) is 0.668. The van der Waals surface area contributed by atoms with Crippen LogP contribution < -0.4 is 10.1 Å². The van der Waals surface area contributed by atoms with Gasteiger partial charge in [-0.15, -0.1) is 0 Å². The molecule has 3 rings (SSSR count). The van der Waals surface area contributed by atoms with E-state index in [9.17, 15) is 4.79 Å². The number of nitrogens with one attached hydrogen (secondary N) is 1. The highest BCUT2D eigenvalue weighted by Crippen LogP contribution is 2.28. The molecule has 0 spiro atoms. The van der Waals surface area contributed by atoms with Crippen LogP contribution >= 0.6 is 0 Å². The number of para-hydroxylation sites is 1. The van der Waals surface area contributed by atoms with E-state index in [2.05, 4.69) is 50.4 Å². The predicted molar refractivity (Wildman–Crippen MR) is 115 cm³/mol. The molecular formula is C25H33NO2. The van der Waals surface area contributed by atoms with Crippen molar-refractivity contribution in [2.45, 2.75) is 77.9 Å². The maximum Gasteiger partial charge on any atom is 0.261 e. The molecule has 1 aliphatic rings. The highest BCUT2D eigenvalue weighted by Gasteiger charge is 2.21. The smallest absolute Gasteiger partial charge is 0.261 e. The van der Waals surface area contributed by atoms with E-state index in [4.69, 9.17) is 4.74 Å². The molecular weight excluding hydrogens is 346 g/mol. The van der Waals surface area contributed by atoms with Gasteiger partial charge in [-0.1, -0.05) is 57.2 Å². The molecule has 28 heavy (non-hydrogen) atoms. The average Bonchev–Trinajstić information content (AvgIpc) is 2.71. The van der Waals surface area contributed by atoms with Crippen LogP contribution in [0, 0.1) is 0 Å². The molecule has 2 aromatic carbocycles. The lowest BCUT2D eigenvalue weighted by Crippen LogP contribution is -2.38. The number of carbonyl (C=O) groups excluding carboxylic acids is 1. The fraction of sp³-hybridized carbons (Fsp3) is 0.480. The zero-order valence-electron chi connectivity index (χ0n) is 17.6. The number of benzene rings is 2. The van der Waals surface area contributed by atoms with Crippen molar-refractivity contribution in [3.63, 3.8) is 0 Å². The summed E-state index contributed by atoms with van der Waals surface area (Å²) >= 11 is 0. The summed E-state index contributed by atoms with van der Waals surface area (Å²) in [6.07, 6.45) is 5.21. The van der Waals surface area contributed by atoms with Gasteiger partial charge in [0, 0.05) is 0 Å². The largest absolute Gasteiger partial charge is 0.481 e. The third-order valence-electron chi connectivity index (χ3n) is 5.71. The monoisotopic (exact) mass is 379 g/mol. The second-order valence-electron chi connectivity index (χ2n) is 8.16. The first kappa shape index (κ1) is 20.4. The average molecular weight is 380 g/mol. The highest BCUT2D eigenvalue weighted by molar-refractivity contribution is 5.81. The number of amides is 1. The van der Waals surface area contributed by atoms with Crippen molar-refractivity contribution in [2.24, 2.45) is 0 Å². The van der Waals surface area contributed by atoms with Gasteiger partial charge >= 0.3 is 0 Å². The Morgan fingerprint density at radius 3 is 2.46 bits per heavy atom. The minimum Gasteiger partial charge on any atom is -0.481 e. The van der Waals surface area contributed by atoms with Crippen LogP contribution in [0.25, 0.3) is 0 Å². The third-order valence-corrected chi connectivity index (χ3v) is 5.71. The predicted octanol–water partition coefficient (Wildman–Crippen LogP) is 5.72. The molecule has 1 aliphatic carbocycles. The van der Waals surface area contributed by atoms with E-state index in [0.29, 0.717) is 5.92 Å². The van der Waals surface area contributed by atoms with Gasteiger partial charge in [-0.3, -0.25) is 4.79 Å². The van der Waals surface area contributed by atoms with Crippen molar-refractivity contribution >= 4 is 5.91 Å². The van der Waals surface area contributed by atoms with E-state index >= 15 is 0 Å². The molecule has 0 unspecified atom stereocenters. The van der Waals surface area contributed by atoms with Gasteiger partial charge in [0.15, 0.2) is 6.10 Å². The van der Waals surface area contributed by atoms with Crippen molar-refractivity contribution in [2.75, 3.05) is 0 Å². The van der Waals surface area contributed by atoms with Gasteiger partial charge in [0.25, 0.3) is 5.91 Å². The van der Waals surface area contributed by atoms with Crippen LogP contribution in [0.5, 0.6) is 5.75 Å². The Bertz CT molecular complexity index is 812. The molecule has 0 fully saturated rings. The van der Waals surface area contributed by atoms with Crippen LogP contribution in [-0.2, 0) is 17.6 Å². The Kier molecular flexibility index (Phi) is 6.77. The number of aryl methyl sites for hydroxylation is 2. The number of rotatable bonds is 7. The van der Waals surface area contributed by atoms with E-state index < -0.39 is 6.10 Å². The summed E-state index contributed by atoms with van der Waals surface area (Å²) in [7, 11) is 0. The number of fused-ring (bicyclic) bond motifs is 1. The number of hydrogen-bond acceptors (Lipinski definition) is 2. The van der Waals surface area contributed by atoms with Crippen LogP contribution in [0.15, 0.2) is 42.5 Å². The van der Waals surface area contributed by atoms with E-state index in [1.54, 1.807) is 0 Å². The van der Waals surface area contributed by atoms with Gasteiger partial charge in [-0.05, 0) is 73.3 Å². The van der Waals surface area contributed by atoms with Gasteiger partial charge in [-0.2, -0.15) is 0 Å². The van der Waals surface area contributed by atoms with Crippen molar-refractivity contribution in [1.29, 1.82) is 0 Å². The second kappa shape index (κ2) is 9.27. The summed E-state index contributed by atoms with van der Waals surface area (Å²) in [5.41, 5.74) is 5.25. The molecule has 1 N–H and O–H groups in total. The van der Waals surface area contributed by atoms with Crippen LogP contribution in [0.4, 0.5) is 0 Å². The van der Waals surface area contributed by atoms with Crippen molar-refractivity contribution in [1.82, 2.24) is 5.32 Å². The number of ether oxygens (including phenoxy) is 1. The van der Waals surface area contributed by atoms with Gasteiger partial charge in [-0.25, -0.2) is 0 Å². The van der Waals surface area contributed by atoms with E-state index in [0.717, 1.165) is 24.2 Å². The molecule has 150 valence electrons. The lowest BCUT2D eigenvalue weighted by Gasteiger charge is -2.24. The SMILES string of the molecule is CC[C@@H](NC(=O)[C@H](C)Oc1ccccc1C(C)C)c1ccc2c(c1)CCCC2. The fourth-order valence-corrected chi connectivity index (χ4v) is 3.99. The summed E-state index contributed by atoms with van der Waals surface area (Å²) in [5, 5.41) is 3.19. The summed E-state index contributed by atoms with van der Waals surface area (Å²) in [5.74, 6) is 1.08. The maximum absolute atomic E-state index is 12.8. The molecule has 3 heteroatoms. The van der Waals surface area contributed by atoms with Crippen molar-refractivity contribution in [3.05, 3.63) is 64.7 Å². The third kappa shape index (κ3) is 4.76. The summed E-state index contributed by atoms with van der Waals surface area (Å²) in [6, 6.07) is 14.7.